The molecule has 146 valence electrons. The van der Waals surface area contributed by atoms with E-state index in [9.17, 15) is 13.2 Å². The Labute approximate surface area is 162 Å². The second kappa shape index (κ2) is 9.15. The molecule has 0 unspecified atom stereocenters. The molecule has 5 nitrogen and oxygen atoms in total. The molecular weight excluding hydrogens is 360 g/mol. The number of carbonyl (C=O) groups excluding carboxylic acids is 1. The molecule has 0 saturated carbocycles. The van der Waals surface area contributed by atoms with Crippen molar-refractivity contribution in [2.45, 2.75) is 39.0 Å². The summed E-state index contributed by atoms with van der Waals surface area (Å²) < 4.78 is 28.0. The summed E-state index contributed by atoms with van der Waals surface area (Å²) in [5.74, 6) is -0.0622. The fourth-order valence-corrected chi connectivity index (χ4v) is 4.78. The van der Waals surface area contributed by atoms with Crippen molar-refractivity contribution in [2.75, 3.05) is 19.6 Å². The maximum atomic E-state index is 12.7. The van der Waals surface area contributed by atoms with Crippen LogP contribution in [-0.2, 0) is 21.2 Å². The van der Waals surface area contributed by atoms with Crippen LogP contribution in [0.1, 0.15) is 29.2 Å². The first-order valence-corrected chi connectivity index (χ1v) is 10.6. The van der Waals surface area contributed by atoms with E-state index in [1.807, 2.05) is 49.4 Å². The van der Waals surface area contributed by atoms with Crippen LogP contribution in [0.25, 0.3) is 0 Å². The minimum Gasteiger partial charge on any atom is -0.341 e. The van der Waals surface area contributed by atoms with Crippen LogP contribution in [0.2, 0.25) is 0 Å². The molecule has 0 atom stereocenters. The quantitative estimate of drug-likeness (QED) is 0.756. The van der Waals surface area contributed by atoms with Crippen LogP contribution < -0.4 is 4.72 Å². The van der Waals surface area contributed by atoms with E-state index in [4.69, 9.17) is 0 Å². The fraction of sp³-hybridized carbons (Fsp3) is 0.381. The topological polar surface area (TPSA) is 66.5 Å². The first kappa shape index (κ1) is 21.1. The molecule has 0 saturated heterocycles. The number of hydrogen-bond acceptors (Lipinski definition) is 3. The molecular formula is C21H28N2O3S. The highest BCUT2D eigenvalue weighted by Crippen LogP contribution is 2.21. The van der Waals surface area contributed by atoms with E-state index in [0.29, 0.717) is 18.0 Å². The van der Waals surface area contributed by atoms with Crippen LogP contribution >= 0.6 is 0 Å². The molecule has 0 radical (unpaired) electrons. The van der Waals surface area contributed by atoms with Crippen LogP contribution in [0, 0.1) is 20.8 Å². The Balaban J connectivity index is 1.98. The summed E-state index contributed by atoms with van der Waals surface area (Å²) in [5.41, 5.74) is 3.64. The van der Waals surface area contributed by atoms with Gasteiger partial charge in [0.15, 0.2) is 0 Å². The van der Waals surface area contributed by atoms with E-state index in [-0.39, 0.29) is 12.5 Å². The Kier molecular flexibility index (Phi) is 7.16. The lowest BCUT2D eigenvalue weighted by molar-refractivity contribution is -0.128. The van der Waals surface area contributed by atoms with Gasteiger partial charge in [-0.1, -0.05) is 48.0 Å². The van der Waals surface area contributed by atoms with E-state index < -0.39 is 10.0 Å². The van der Waals surface area contributed by atoms with Crippen LogP contribution in [0.3, 0.4) is 0 Å². The summed E-state index contributed by atoms with van der Waals surface area (Å²) in [7, 11) is -3.61. The largest absolute Gasteiger partial charge is 0.341 e. The first-order valence-electron chi connectivity index (χ1n) is 9.07. The van der Waals surface area contributed by atoms with Gasteiger partial charge in [-0.05, 0) is 43.9 Å². The standard InChI is InChI=1S/C21H28N2O3S/c1-16-14-17(2)21(18(3)15-16)27(25,26)22-11-13-23(19(4)24)12-10-20-8-6-5-7-9-20/h5-9,14-15,22H,10-13H2,1-4H3. The lowest BCUT2D eigenvalue weighted by Crippen LogP contribution is -2.38. The first-order chi connectivity index (χ1) is 12.7. The van der Waals surface area contributed by atoms with Gasteiger partial charge in [-0.3, -0.25) is 4.79 Å². The van der Waals surface area contributed by atoms with Crippen molar-refractivity contribution in [3.63, 3.8) is 0 Å². The van der Waals surface area contributed by atoms with Gasteiger partial charge >= 0.3 is 0 Å². The molecule has 2 aromatic rings. The number of aryl methyl sites for hydroxylation is 3. The van der Waals surface area contributed by atoms with E-state index in [0.717, 1.165) is 28.7 Å². The van der Waals surface area contributed by atoms with Gasteiger partial charge in [0.2, 0.25) is 15.9 Å². The van der Waals surface area contributed by atoms with Gasteiger partial charge in [0.1, 0.15) is 0 Å². The lowest BCUT2D eigenvalue weighted by atomic mass is 10.1. The van der Waals surface area contributed by atoms with Crippen molar-refractivity contribution < 1.29 is 13.2 Å². The van der Waals surface area contributed by atoms with Gasteiger partial charge in [-0.25, -0.2) is 13.1 Å². The predicted molar refractivity (Wildman–Crippen MR) is 108 cm³/mol. The minimum absolute atomic E-state index is 0.0622. The van der Waals surface area contributed by atoms with Gasteiger partial charge in [-0.15, -0.1) is 0 Å². The third kappa shape index (κ3) is 5.91. The summed E-state index contributed by atoms with van der Waals surface area (Å²) in [5, 5.41) is 0. The van der Waals surface area contributed by atoms with Crippen LogP contribution in [0.15, 0.2) is 47.4 Å². The number of benzene rings is 2. The van der Waals surface area contributed by atoms with Crippen LogP contribution in [0.4, 0.5) is 0 Å². The maximum Gasteiger partial charge on any atom is 0.241 e. The van der Waals surface area contributed by atoms with Crippen molar-refractivity contribution >= 4 is 15.9 Å². The summed E-state index contributed by atoms with van der Waals surface area (Å²) in [4.78, 5) is 13.9. The molecule has 0 heterocycles. The molecule has 1 N–H and O–H groups in total. The predicted octanol–water partition coefficient (Wildman–Crippen LogP) is 2.98. The molecule has 0 aliphatic carbocycles. The Morgan fingerprint density at radius 3 is 2.15 bits per heavy atom. The third-order valence-corrected chi connectivity index (χ3v) is 6.27. The highest BCUT2D eigenvalue weighted by Gasteiger charge is 2.20. The van der Waals surface area contributed by atoms with E-state index in [1.165, 1.54) is 6.92 Å². The van der Waals surface area contributed by atoms with E-state index >= 15 is 0 Å². The van der Waals surface area contributed by atoms with Crippen molar-refractivity contribution in [1.82, 2.24) is 9.62 Å². The molecule has 0 aliphatic rings. The zero-order chi connectivity index (χ0) is 20.0. The SMILES string of the molecule is CC(=O)N(CCNS(=O)(=O)c1c(C)cc(C)cc1C)CCc1ccccc1. The average molecular weight is 389 g/mol. The molecule has 2 aromatic carbocycles. The molecule has 0 spiro atoms. The summed E-state index contributed by atoms with van der Waals surface area (Å²) >= 11 is 0. The minimum atomic E-state index is -3.61. The third-order valence-electron chi connectivity index (χ3n) is 4.51. The summed E-state index contributed by atoms with van der Waals surface area (Å²) in [6, 6.07) is 13.7. The number of sulfonamides is 1. The van der Waals surface area contributed by atoms with E-state index in [2.05, 4.69) is 4.72 Å². The van der Waals surface area contributed by atoms with E-state index in [1.54, 1.807) is 18.7 Å². The highest BCUT2D eigenvalue weighted by atomic mass is 32.2. The van der Waals surface area contributed by atoms with Gasteiger partial charge in [0.25, 0.3) is 0 Å². The van der Waals surface area contributed by atoms with Gasteiger partial charge in [0, 0.05) is 26.6 Å². The van der Waals surface area contributed by atoms with Crippen LogP contribution in [0.5, 0.6) is 0 Å². The maximum absolute atomic E-state index is 12.7. The average Bonchev–Trinajstić information content (AvgIpc) is 2.57. The molecule has 6 heteroatoms. The fourth-order valence-electron chi connectivity index (χ4n) is 3.31. The lowest BCUT2D eigenvalue weighted by Gasteiger charge is -2.21. The molecule has 0 aromatic heterocycles. The monoisotopic (exact) mass is 388 g/mol. The molecule has 0 bridgehead atoms. The van der Waals surface area contributed by atoms with Gasteiger partial charge in [0.05, 0.1) is 4.90 Å². The zero-order valence-corrected chi connectivity index (χ0v) is 17.3. The number of rotatable bonds is 8. The van der Waals surface area contributed by atoms with Gasteiger partial charge in [-0.2, -0.15) is 0 Å². The van der Waals surface area contributed by atoms with Crippen molar-refractivity contribution in [3.05, 3.63) is 64.7 Å². The molecule has 0 aliphatic heterocycles. The molecule has 27 heavy (non-hydrogen) atoms. The number of nitrogens with one attached hydrogen (secondary N) is 1. The summed E-state index contributed by atoms with van der Waals surface area (Å²) in [6.07, 6.45) is 0.739. The number of amides is 1. The number of hydrogen-bond donors (Lipinski definition) is 1. The molecule has 2 rings (SSSR count). The summed E-state index contributed by atoms with van der Waals surface area (Å²) in [6.45, 7) is 8.14. The molecule has 1 amide bonds. The Morgan fingerprint density at radius 2 is 1.59 bits per heavy atom. The number of carbonyl (C=O) groups is 1. The van der Waals surface area contributed by atoms with Gasteiger partial charge < -0.3 is 4.90 Å². The smallest absolute Gasteiger partial charge is 0.241 e. The highest BCUT2D eigenvalue weighted by molar-refractivity contribution is 7.89. The van der Waals surface area contributed by atoms with Crippen molar-refractivity contribution in [3.8, 4) is 0 Å². The zero-order valence-electron chi connectivity index (χ0n) is 16.5. The van der Waals surface area contributed by atoms with Crippen LogP contribution in [-0.4, -0.2) is 38.9 Å². The number of nitrogens with zero attached hydrogens (tertiary/aromatic N) is 1. The molecule has 0 fully saturated rings. The Bertz CT molecular complexity index is 870. The second-order valence-electron chi connectivity index (χ2n) is 6.87. The Hall–Kier alpha value is -2.18. The van der Waals surface area contributed by atoms with Crippen molar-refractivity contribution in [1.29, 1.82) is 0 Å². The van der Waals surface area contributed by atoms with Crippen molar-refractivity contribution in [2.24, 2.45) is 0 Å². The normalized spacial score (nSPS) is 11.4. The Morgan fingerprint density at radius 1 is 1.00 bits per heavy atom. The second-order valence-corrected chi connectivity index (χ2v) is 8.57.